The van der Waals surface area contributed by atoms with Gasteiger partial charge in [0.1, 0.15) is 0 Å². The van der Waals surface area contributed by atoms with E-state index in [-0.39, 0.29) is 18.0 Å². The van der Waals surface area contributed by atoms with Crippen LogP contribution in [0.2, 0.25) is 5.02 Å². The van der Waals surface area contributed by atoms with Crippen LogP contribution >= 0.6 is 11.6 Å². The molecule has 0 heterocycles. The van der Waals surface area contributed by atoms with Gasteiger partial charge in [0.2, 0.25) is 5.91 Å². The molecule has 2 atom stereocenters. The van der Waals surface area contributed by atoms with Crippen molar-refractivity contribution in [3.63, 3.8) is 0 Å². The molecule has 4 nitrogen and oxygen atoms in total. The molecule has 0 radical (unpaired) electrons. The van der Waals surface area contributed by atoms with Crippen molar-refractivity contribution in [2.45, 2.75) is 50.6 Å². The van der Waals surface area contributed by atoms with Gasteiger partial charge < -0.3 is 15.0 Å². The monoisotopic (exact) mass is 364 g/mol. The van der Waals surface area contributed by atoms with Gasteiger partial charge in [0.15, 0.2) is 0 Å². The fourth-order valence-corrected chi connectivity index (χ4v) is 3.63. The standard InChI is InChI=1S/C20H29ClN2O2/c1-3-14-22-18-7-5-4-6-8-19(18)23(20(24)13-15-25-2)17-11-9-16(21)10-12-17/h3,9-12,18-19,22H,1,4-8,13-15H2,2H3. The normalized spacial score (nSPS) is 20.7. The van der Waals surface area contributed by atoms with Crippen molar-refractivity contribution < 1.29 is 9.53 Å². The highest BCUT2D eigenvalue weighted by Gasteiger charge is 2.32. The van der Waals surface area contributed by atoms with Gasteiger partial charge in [0, 0.05) is 30.4 Å². The Morgan fingerprint density at radius 2 is 2.04 bits per heavy atom. The Kier molecular flexibility index (Phi) is 8.45. The first-order valence-electron chi connectivity index (χ1n) is 9.08. The first-order valence-corrected chi connectivity index (χ1v) is 9.46. The average molecular weight is 365 g/mol. The lowest BCUT2D eigenvalue weighted by Gasteiger charge is -2.37. The smallest absolute Gasteiger partial charge is 0.229 e. The SMILES string of the molecule is C=CCNC1CCCCCC1N(C(=O)CCOC)c1ccc(Cl)cc1. The van der Waals surface area contributed by atoms with Gasteiger partial charge in [-0.2, -0.15) is 0 Å². The van der Waals surface area contributed by atoms with Crippen LogP contribution in [-0.2, 0) is 9.53 Å². The van der Waals surface area contributed by atoms with Gasteiger partial charge in [0.25, 0.3) is 0 Å². The zero-order chi connectivity index (χ0) is 18.1. The molecule has 0 spiro atoms. The van der Waals surface area contributed by atoms with Crippen molar-refractivity contribution in [2.75, 3.05) is 25.2 Å². The highest BCUT2D eigenvalue weighted by molar-refractivity contribution is 6.30. The highest BCUT2D eigenvalue weighted by atomic mass is 35.5. The molecule has 2 unspecified atom stereocenters. The molecule has 0 aliphatic heterocycles. The van der Waals surface area contributed by atoms with E-state index in [0.29, 0.717) is 18.1 Å². The molecule has 1 aliphatic carbocycles. The third kappa shape index (κ3) is 5.84. The molecule has 0 saturated heterocycles. The fourth-order valence-electron chi connectivity index (χ4n) is 3.50. The number of ether oxygens (including phenoxy) is 1. The molecular formula is C20H29ClN2O2. The maximum Gasteiger partial charge on any atom is 0.229 e. The number of benzene rings is 1. The molecule has 1 fully saturated rings. The van der Waals surface area contributed by atoms with Crippen molar-refractivity contribution in [2.24, 2.45) is 0 Å². The van der Waals surface area contributed by atoms with Crippen LogP contribution < -0.4 is 10.2 Å². The molecule has 2 rings (SSSR count). The minimum atomic E-state index is 0.0986. The number of carbonyl (C=O) groups is 1. The Labute approximate surface area is 156 Å². The van der Waals surface area contributed by atoms with Crippen LogP contribution in [0.25, 0.3) is 0 Å². The molecule has 1 N–H and O–H groups in total. The van der Waals surface area contributed by atoms with Gasteiger partial charge in [-0.05, 0) is 37.1 Å². The summed E-state index contributed by atoms with van der Waals surface area (Å²) in [5.74, 6) is 0.0986. The summed E-state index contributed by atoms with van der Waals surface area (Å²) in [5, 5.41) is 4.24. The zero-order valence-corrected chi connectivity index (χ0v) is 15.8. The minimum Gasteiger partial charge on any atom is -0.384 e. The maximum atomic E-state index is 13.0. The molecule has 1 amide bonds. The van der Waals surface area contributed by atoms with Gasteiger partial charge in [-0.25, -0.2) is 0 Å². The first kappa shape index (κ1) is 20.0. The number of amides is 1. The van der Waals surface area contributed by atoms with Crippen molar-refractivity contribution in [1.82, 2.24) is 5.32 Å². The lowest BCUT2D eigenvalue weighted by molar-refractivity contribution is -0.120. The quantitative estimate of drug-likeness (QED) is 0.555. The topological polar surface area (TPSA) is 41.6 Å². The second-order valence-corrected chi connectivity index (χ2v) is 6.93. The number of nitrogens with zero attached hydrogens (tertiary/aromatic N) is 1. The van der Waals surface area contributed by atoms with Crippen LogP contribution in [0.3, 0.4) is 0 Å². The minimum absolute atomic E-state index is 0.0986. The Morgan fingerprint density at radius 1 is 1.32 bits per heavy atom. The van der Waals surface area contributed by atoms with Crippen LogP contribution in [0, 0.1) is 0 Å². The molecule has 138 valence electrons. The Balaban J connectivity index is 2.30. The van der Waals surface area contributed by atoms with E-state index in [1.54, 1.807) is 7.11 Å². The summed E-state index contributed by atoms with van der Waals surface area (Å²) in [7, 11) is 1.63. The van der Waals surface area contributed by atoms with Gasteiger partial charge in [-0.15, -0.1) is 6.58 Å². The van der Waals surface area contributed by atoms with E-state index in [9.17, 15) is 4.79 Å². The van der Waals surface area contributed by atoms with E-state index in [2.05, 4.69) is 11.9 Å². The molecule has 0 bridgehead atoms. The van der Waals surface area contributed by atoms with Crippen LogP contribution in [-0.4, -0.2) is 38.3 Å². The second-order valence-electron chi connectivity index (χ2n) is 6.49. The van der Waals surface area contributed by atoms with E-state index in [4.69, 9.17) is 16.3 Å². The lowest BCUT2D eigenvalue weighted by atomic mass is 9.99. The summed E-state index contributed by atoms with van der Waals surface area (Å²) in [6.07, 6.45) is 7.86. The molecule has 1 saturated carbocycles. The van der Waals surface area contributed by atoms with Crippen LogP contribution in [0.5, 0.6) is 0 Å². The summed E-state index contributed by atoms with van der Waals surface area (Å²) in [4.78, 5) is 14.9. The summed E-state index contributed by atoms with van der Waals surface area (Å²) in [5.41, 5.74) is 0.905. The van der Waals surface area contributed by atoms with E-state index in [1.165, 1.54) is 12.8 Å². The van der Waals surface area contributed by atoms with Gasteiger partial charge in [-0.3, -0.25) is 4.79 Å². The number of methoxy groups -OCH3 is 1. The molecular weight excluding hydrogens is 336 g/mol. The third-order valence-electron chi connectivity index (χ3n) is 4.73. The summed E-state index contributed by atoms with van der Waals surface area (Å²) in [6, 6.07) is 7.95. The molecule has 0 aromatic heterocycles. The van der Waals surface area contributed by atoms with Crippen molar-refractivity contribution in [3.8, 4) is 0 Å². The number of carbonyl (C=O) groups excluding carboxylic acids is 1. The van der Waals surface area contributed by atoms with Gasteiger partial charge in [-0.1, -0.05) is 36.9 Å². The summed E-state index contributed by atoms with van der Waals surface area (Å²) < 4.78 is 5.12. The number of hydrogen-bond donors (Lipinski definition) is 1. The fraction of sp³-hybridized carbons (Fsp3) is 0.550. The Morgan fingerprint density at radius 3 is 2.72 bits per heavy atom. The predicted molar refractivity (Wildman–Crippen MR) is 104 cm³/mol. The number of halogens is 1. The number of anilines is 1. The molecule has 1 aromatic rings. The second kappa shape index (κ2) is 10.6. The Hall–Kier alpha value is -1.36. The van der Waals surface area contributed by atoms with E-state index in [1.807, 2.05) is 35.2 Å². The van der Waals surface area contributed by atoms with E-state index in [0.717, 1.165) is 31.5 Å². The lowest BCUT2D eigenvalue weighted by Crippen LogP contribution is -2.52. The largest absolute Gasteiger partial charge is 0.384 e. The Bertz CT molecular complexity index is 547. The highest BCUT2D eigenvalue weighted by Crippen LogP contribution is 2.29. The molecule has 5 heteroatoms. The predicted octanol–water partition coefficient (Wildman–Crippen LogP) is 4.19. The molecule has 1 aromatic carbocycles. The van der Waals surface area contributed by atoms with Crippen LogP contribution in [0.15, 0.2) is 36.9 Å². The maximum absolute atomic E-state index is 13.0. The summed E-state index contributed by atoms with van der Waals surface area (Å²) >= 11 is 6.04. The van der Waals surface area contributed by atoms with E-state index < -0.39 is 0 Å². The van der Waals surface area contributed by atoms with Crippen LogP contribution in [0.1, 0.15) is 38.5 Å². The van der Waals surface area contributed by atoms with Crippen molar-refractivity contribution in [1.29, 1.82) is 0 Å². The number of nitrogens with one attached hydrogen (secondary N) is 1. The number of hydrogen-bond acceptors (Lipinski definition) is 3. The molecule has 25 heavy (non-hydrogen) atoms. The molecule has 1 aliphatic rings. The van der Waals surface area contributed by atoms with Crippen LogP contribution in [0.4, 0.5) is 5.69 Å². The summed E-state index contributed by atoms with van der Waals surface area (Å²) in [6.45, 7) is 4.99. The third-order valence-corrected chi connectivity index (χ3v) is 4.98. The van der Waals surface area contributed by atoms with Crippen molar-refractivity contribution in [3.05, 3.63) is 41.9 Å². The zero-order valence-electron chi connectivity index (χ0n) is 15.0. The number of rotatable bonds is 8. The van der Waals surface area contributed by atoms with Gasteiger partial charge >= 0.3 is 0 Å². The van der Waals surface area contributed by atoms with Crippen molar-refractivity contribution >= 4 is 23.2 Å². The average Bonchev–Trinajstić information content (AvgIpc) is 2.85. The van der Waals surface area contributed by atoms with Gasteiger partial charge in [0.05, 0.1) is 19.1 Å². The first-order chi connectivity index (χ1) is 12.2. The van der Waals surface area contributed by atoms with E-state index >= 15 is 0 Å².